The Kier molecular flexibility index (Phi) is 5.94. The molecule has 0 aromatic carbocycles. The lowest BCUT2D eigenvalue weighted by Crippen LogP contribution is -2.38. The average Bonchev–Trinajstić information content (AvgIpc) is 3.43. The van der Waals surface area contributed by atoms with Gasteiger partial charge in [0.15, 0.2) is 0 Å². The second-order valence-corrected chi connectivity index (χ2v) is 10.2. The van der Waals surface area contributed by atoms with Crippen LogP contribution in [0.15, 0.2) is 39.0 Å². The molecule has 4 heterocycles. The second kappa shape index (κ2) is 8.48. The largest absolute Gasteiger partial charge is 0.383 e. The molecule has 1 saturated heterocycles. The molecule has 0 aliphatic carbocycles. The number of likely N-dealkylation sites (tertiary alicyclic amines) is 1. The predicted octanol–water partition coefficient (Wildman–Crippen LogP) is 3.30. The standard InChI is InChI=1S/C19H18Br2N6O2S/c1-26-8-11(7-24-26)10-4-13(17(22)23-6-10)18(28)25-12-2-3-27(9-12)19(29)15-5-14(20)16(21)30-15/h4-8,12H,2-3,9H2,1H3,(H2,22,23)(H,25,28)/t12-/m1/s1. The zero-order valence-electron chi connectivity index (χ0n) is 15.9. The second-order valence-electron chi connectivity index (χ2n) is 7.00. The molecule has 0 unspecified atom stereocenters. The SMILES string of the molecule is Cn1cc(-c2cnc(N)c(C(=O)N[C@@H]3CCN(C(=O)c4cc(Br)c(Br)s4)C3)c2)cn1. The van der Waals surface area contributed by atoms with Crippen LogP contribution in [0.4, 0.5) is 5.82 Å². The molecular formula is C19H18Br2N6O2S. The third-order valence-electron chi connectivity index (χ3n) is 4.87. The Balaban J connectivity index is 1.44. The Morgan fingerprint density at radius 3 is 2.73 bits per heavy atom. The van der Waals surface area contributed by atoms with Crippen molar-refractivity contribution in [2.24, 2.45) is 7.05 Å². The zero-order valence-corrected chi connectivity index (χ0v) is 19.9. The van der Waals surface area contributed by atoms with E-state index in [0.29, 0.717) is 30.0 Å². The van der Waals surface area contributed by atoms with Gasteiger partial charge in [-0.05, 0) is 50.4 Å². The van der Waals surface area contributed by atoms with E-state index in [2.05, 4.69) is 47.3 Å². The molecule has 0 spiro atoms. The summed E-state index contributed by atoms with van der Waals surface area (Å²) in [5, 5.41) is 7.13. The summed E-state index contributed by atoms with van der Waals surface area (Å²) in [5.41, 5.74) is 7.88. The molecule has 1 aliphatic heterocycles. The Hall–Kier alpha value is -2.24. The first-order valence-electron chi connectivity index (χ1n) is 9.11. The molecule has 2 amide bonds. The van der Waals surface area contributed by atoms with Crippen LogP contribution < -0.4 is 11.1 Å². The van der Waals surface area contributed by atoms with Crippen LogP contribution in [-0.4, -0.2) is 50.6 Å². The number of nitrogen functional groups attached to an aromatic ring is 1. The Labute approximate surface area is 193 Å². The molecule has 1 aliphatic rings. The Morgan fingerprint density at radius 2 is 2.07 bits per heavy atom. The summed E-state index contributed by atoms with van der Waals surface area (Å²) in [6, 6.07) is 3.38. The van der Waals surface area contributed by atoms with Gasteiger partial charge in [0.25, 0.3) is 11.8 Å². The number of carbonyl (C=O) groups excluding carboxylic acids is 2. The van der Waals surface area contributed by atoms with Gasteiger partial charge in [0.2, 0.25) is 0 Å². The quantitative estimate of drug-likeness (QED) is 0.515. The molecule has 11 heteroatoms. The Morgan fingerprint density at radius 1 is 1.27 bits per heavy atom. The number of nitrogens with one attached hydrogen (secondary N) is 1. The lowest BCUT2D eigenvalue weighted by atomic mass is 10.1. The molecule has 30 heavy (non-hydrogen) atoms. The van der Waals surface area contributed by atoms with E-state index in [1.54, 1.807) is 34.1 Å². The van der Waals surface area contributed by atoms with Crippen LogP contribution in [0, 0.1) is 0 Å². The van der Waals surface area contributed by atoms with Crippen LogP contribution in [0.2, 0.25) is 0 Å². The summed E-state index contributed by atoms with van der Waals surface area (Å²) in [6.07, 6.45) is 5.85. The normalized spacial score (nSPS) is 16.1. The van der Waals surface area contributed by atoms with Gasteiger partial charge in [0, 0.05) is 54.2 Å². The topological polar surface area (TPSA) is 106 Å². The van der Waals surface area contributed by atoms with Gasteiger partial charge in [0.1, 0.15) is 5.82 Å². The number of anilines is 1. The van der Waals surface area contributed by atoms with Crippen LogP contribution >= 0.6 is 43.2 Å². The van der Waals surface area contributed by atoms with Crippen LogP contribution in [0.1, 0.15) is 26.5 Å². The molecule has 0 radical (unpaired) electrons. The summed E-state index contributed by atoms with van der Waals surface area (Å²) in [6.45, 7) is 1.04. The number of thiophene rings is 1. The first-order valence-corrected chi connectivity index (χ1v) is 11.5. The maximum atomic E-state index is 12.8. The third-order valence-corrected chi connectivity index (χ3v) is 8.11. The fourth-order valence-electron chi connectivity index (χ4n) is 3.32. The highest BCUT2D eigenvalue weighted by molar-refractivity contribution is 9.13. The summed E-state index contributed by atoms with van der Waals surface area (Å²) >= 11 is 8.21. The molecule has 4 rings (SSSR count). The van der Waals surface area contributed by atoms with Crippen molar-refractivity contribution in [3.05, 3.63) is 49.4 Å². The van der Waals surface area contributed by atoms with Crippen molar-refractivity contribution in [1.29, 1.82) is 0 Å². The molecule has 1 atom stereocenters. The average molecular weight is 554 g/mol. The molecule has 3 aromatic heterocycles. The fraction of sp³-hybridized carbons (Fsp3) is 0.263. The van der Waals surface area contributed by atoms with E-state index in [0.717, 1.165) is 19.4 Å². The van der Waals surface area contributed by atoms with Crippen LogP contribution in [0.5, 0.6) is 0 Å². The van der Waals surface area contributed by atoms with Crippen molar-refractivity contribution in [1.82, 2.24) is 25.0 Å². The van der Waals surface area contributed by atoms with Crippen molar-refractivity contribution >= 4 is 60.8 Å². The van der Waals surface area contributed by atoms with E-state index >= 15 is 0 Å². The highest BCUT2D eigenvalue weighted by atomic mass is 79.9. The van der Waals surface area contributed by atoms with Gasteiger partial charge in [-0.25, -0.2) is 4.98 Å². The molecule has 8 nitrogen and oxygen atoms in total. The molecule has 3 N–H and O–H groups in total. The highest BCUT2D eigenvalue weighted by Gasteiger charge is 2.29. The van der Waals surface area contributed by atoms with Gasteiger partial charge in [-0.2, -0.15) is 5.10 Å². The van der Waals surface area contributed by atoms with Crippen LogP contribution in [0.25, 0.3) is 11.1 Å². The Bertz CT molecular complexity index is 1110. The number of hydrogen-bond donors (Lipinski definition) is 2. The summed E-state index contributed by atoms with van der Waals surface area (Å²) < 4.78 is 3.42. The number of aromatic nitrogens is 3. The van der Waals surface area contributed by atoms with Gasteiger partial charge in [0.05, 0.1) is 20.4 Å². The molecular weight excluding hydrogens is 536 g/mol. The number of aryl methyl sites for hydroxylation is 1. The predicted molar refractivity (Wildman–Crippen MR) is 122 cm³/mol. The van der Waals surface area contributed by atoms with Crippen LogP contribution in [0.3, 0.4) is 0 Å². The maximum Gasteiger partial charge on any atom is 0.264 e. The molecule has 0 saturated carbocycles. The summed E-state index contributed by atoms with van der Waals surface area (Å²) in [4.78, 5) is 32.1. The number of carbonyl (C=O) groups is 2. The minimum atomic E-state index is -0.299. The van der Waals surface area contributed by atoms with Crippen molar-refractivity contribution in [2.45, 2.75) is 12.5 Å². The number of rotatable bonds is 4. The van der Waals surface area contributed by atoms with Gasteiger partial charge >= 0.3 is 0 Å². The van der Waals surface area contributed by atoms with E-state index in [9.17, 15) is 9.59 Å². The lowest BCUT2D eigenvalue weighted by molar-refractivity contribution is 0.0787. The van der Waals surface area contributed by atoms with Gasteiger partial charge in [-0.3, -0.25) is 14.3 Å². The summed E-state index contributed by atoms with van der Waals surface area (Å²) in [7, 11) is 1.82. The van der Waals surface area contributed by atoms with Crippen molar-refractivity contribution < 1.29 is 9.59 Å². The number of halogens is 2. The van der Waals surface area contributed by atoms with Crippen molar-refractivity contribution in [3.8, 4) is 11.1 Å². The van der Waals surface area contributed by atoms with Gasteiger partial charge < -0.3 is 16.0 Å². The number of hydrogen-bond acceptors (Lipinski definition) is 6. The molecule has 156 valence electrons. The number of amides is 2. The van der Waals surface area contributed by atoms with E-state index in [1.165, 1.54) is 11.3 Å². The smallest absolute Gasteiger partial charge is 0.264 e. The van der Waals surface area contributed by atoms with Gasteiger partial charge in [-0.15, -0.1) is 11.3 Å². The molecule has 0 bridgehead atoms. The van der Waals surface area contributed by atoms with Gasteiger partial charge in [-0.1, -0.05) is 0 Å². The zero-order chi connectivity index (χ0) is 21.4. The number of pyridine rings is 1. The third kappa shape index (κ3) is 4.28. The minimum Gasteiger partial charge on any atom is -0.383 e. The van der Waals surface area contributed by atoms with Crippen molar-refractivity contribution in [3.63, 3.8) is 0 Å². The highest BCUT2D eigenvalue weighted by Crippen LogP contribution is 2.33. The maximum absolute atomic E-state index is 12.8. The number of nitrogens with zero attached hydrogens (tertiary/aromatic N) is 4. The first-order chi connectivity index (χ1) is 14.3. The fourth-order valence-corrected chi connectivity index (χ4v) is 5.32. The number of nitrogens with two attached hydrogens (primary N) is 1. The first kappa shape index (κ1) is 21.0. The van der Waals surface area contributed by atoms with Crippen LogP contribution in [-0.2, 0) is 7.05 Å². The monoisotopic (exact) mass is 552 g/mol. The lowest BCUT2D eigenvalue weighted by Gasteiger charge is -2.17. The van der Waals surface area contributed by atoms with Crippen molar-refractivity contribution in [2.75, 3.05) is 18.8 Å². The molecule has 1 fully saturated rings. The minimum absolute atomic E-state index is 0.0390. The van der Waals surface area contributed by atoms with E-state index in [1.807, 2.05) is 13.2 Å². The van der Waals surface area contributed by atoms with E-state index in [-0.39, 0.29) is 23.7 Å². The summed E-state index contributed by atoms with van der Waals surface area (Å²) in [5.74, 6) is -0.172. The van der Waals surface area contributed by atoms with E-state index in [4.69, 9.17) is 5.73 Å². The van der Waals surface area contributed by atoms with E-state index < -0.39 is 0 Å². The molecule has 3 aromatic rings.